The predicted octanol–water partition coefficient (Wildman–Crippen LogP) is 6.15. The minimum absolute atomic E-state index is 0.517. The molecule has 5 rings (SSSR count). The van der Waals surface area contributed by atoms with Crippen molar-refractivity contribution >= 4 is 42.9 Å². The normalized spacial score (nSPS) is 14.2. The molecule has 0 radical (unpaired) electrons. The van der Waals surface area contributed by atoms with Crippen LogP contribution in [0.4, 0.5) is 0 Å². The Bertz CT molecular complexity index is 1170. The van der Waals surface area contributed by atoms with Gasteiger partial charge in [-0.05, 0) is 63.2 Å². The van der Waals surface area contributed by atoms with Crippen LogP contribution in [0.15, 0.2) is 103 Å². The zero-order valence-electron chi connectivity index (χ0n) is 19.2. The smallest absolute Gasteiger partial charge is 0.299 e. The standard InChI is InChI=1S/C29H28O2S2Si/c1-30-25-19-24(22-10-8-11-23(18-22)29-32-16-9-17-33-29)20-26(21-25)31-34(27-12-4-2-5-13-27)28-14-6-3-7-15-28/h2-8,10-15,18-21,29,34H,9,16-17H2,1H3. The van der Waals surface area contributed by atoms with Gasteiger partial charge in [0.15, 0.2) is 0 Å². The van der Waals surface area contributed by atoms with Gasteiger partial charge in [0.05, 0.1) is 11.7 Å². The highest BCUT2D eigenvalue weighted by atomic mass is 32.2. The summed E-state index contributed by atoms with van der Waals surface area (Å²) in [6.45, 7) is 0. The summed E-state index contributed by atoms with van der Waals surface area (Å²) < 4.78 is 13.0. The fourth-order valence-corrected chi connectivity index (χ4v) is 9.27. The largest absolute Gasteiger partial charge is 0.537 e. The second-order valence-corrected chi connectivity index (χ2v) is 13.3. The van der Waals surface area contributed by atoms with E-state index in [1.54, 1.807) is 7.11 Å². The zero-order chi connectivity index (χ0) is 23.2. The van der Waals surface area contributed by atoms with Crippen LogP contribution in [0.3, 0.4) is 0 Å². The van der Waals surface area contributed by atoms with E-state index in [1.807, 2.05) is 6.07 Å². The highest BCUT2D eigenvalue weighted by Gasteiger charge is 2.21. The molecule has 4 aromatic rings. The summed E-state index contributed by atoms with van der Waals surface area (Å²) in [5.74, 6) is 4.15. The molecule has 0 aromatic heterocycles. The Balaban J connectivity index is 1.49. The summed E-state index contributed by atoms with van der Waals surface area (Å²) in [6.07, 6.45) is 1.30. The van der Waals surface area contributed by atoms with Gasteiger partial charge < -0.3 is 9.16 Å². The Labute approximate surface area is 212 Å². The topological polar surface area (TPSA) is 18.5 Å². The number of rotatable bonds is 7. The highest BCUT2D eigenvalue weighted by Crippen LogP contribution is 2.44. The molecule has 1 saturated heterocycles. The quantitative estimate of drug-likeness (QED) is 0.283. The average Bonchev–Trinajstić information content (AvgIpc) is 2.93. The number of ether oxygens (including phenoxy) is 1. The Morgan fingerprint density at radius 3 is 1.97 bits per heavy atom. The fourth-order valence-electron chi connectivity index (χ4n) is 4.19. The van der Waals surface area contributed by atoms with Gasteiger partial charge in [-0.2, -0.15) is 0 Å². The fraction of sp³-hybridized carbons (Fsp3) is 0.172. The third kappa shape index (κ3) is 5.54. The van der Waals surface area contributed by atoms with Crippen molar-refractivity contribution in [3.8, 4) is 22.6 Å². The van der Waals surface area contributed by atoms with Crippen LogP contribution in [-0.2, 0) is 0 Å². The average molecular weight is 501 g/mol. The first-order chi connectivity index (χ1) is 16.8. The van der Waals surface area contributed by atoms with E-state index < -0.39 is 9.04 Å². The van der Waals surface area contributed by atoms with E-state index in [-0.39, 0.29) is 0 Å². The van der Waals surface area contributed by atoms with Crippen molar-refractivity contribution in [2.75, 3.05) is 18.6 Å². The molecule has 0 N–H and O–H groups in total. The van der Waals surface area contributed by atoms with Gasteiger partial charge in [0.1, 0.15) is 11.5 Å². The molecule has 0 bridgehead atoms. The van der Waals surface area contributed by atoms with Crippen molar-refractivity contribution in [3.05, 3.63) is 109 Å². The molecule has 1 fully saturated rings. The minimum atomic E-state index is -1.92. The highest BCUT2D eigenvalue weighted by molar-refractivity contribution is 8.16. The minimum Gasteiger partial charge on any atom is -0.537 e. The lowest BCUT2D eigenvalue weighted by atomic mass is 10.0. The lowest BCUT2D eigenvalue weighted by Gasteiger charge is -2.22. The van der Waals surface area contributed by atoms with Gasteiger partial charge in [-0.1, -0.05) is 78.9 Å². The lowest BCUT2D eigenvalue weighted by molar-refractivity contribution is 0.412. The van der Waals surface area contributed by atoms with Crippen LogP contribution < -0.4 is 19.5 Å². The molecule has 1 aliphatic heterocycles. The molecule has 0 unspecified atom stereocenters. The molecule has 172 valence electrons. The van der Waals surface area contributed by atoms with E-state index >= 15 is 0 Å². The molecule has 2 nitrogen and oxygen atoms in total. The first-order valence-electron chi connectivity index (χ1n) is 11.6. The summed E-state index contributed by atoms with van der Waals surface area (Å²) in [7, 11) is -0.198. The number of thioether (sulfide) groups is 2. The van der Waals surface area contributed by atoms with E-state index in [4.69, 9.17) is 9.16 Å². The van der Waals surface area contributed by atoms with Crippen LogP contribution in [0.2, 0.25) is 0 Å². The molecular formula is C29H28O2S2Si. The van der Waals surface area contributed by atoms with Crippen LogP contribution in [0.1, 0.15) is 16.6 Å². The SMILES string of the molecule is COc1cc(O[SiH](c2ccccc2)c2ccccc2)cc(-c2cccc(C3SCCCS3)c2)c1. The van der Waals surface area contributed by atoms with Crippen LogP contribution >= 0.6 is 23.5 Å². The third-order valence-electron chi connectivity index (χ3n) is 5.89. The lowest BCUT2D eigenvalue weighted by Crippen LogP contribution is -2.47. The first kappa shape index (κ1) is 23.2. The maximum atomic E-state index is 6.79. The second kappa shape index (κ2) is 11.2. The third-order valence-corrected chi connectivity index (χ3v) is 11.4. The van der Waals surface area contributed by atoms with Gasteiger partial charge >= 0.3 is 0 Å². The molecule has 0 atom stereocenters. The van der Waals surface area contributed by atoms with Crippen LogP contribution in [0.25, 0.3) is 11.1 Å². The maximum Gasteiger partial charge on any atom is 0.299 e. The van der Waals surface area contributed by atoms with Gasteiger partial charge in [0.25, 0.3) is 9.04 Å². The summed E-state index contributed by atoms with van der Waals surface area (Å²) in [4.78, 5) is 0. The maximum absolute atomic E-state index is 6.79. The van der Waals surface area contributed by atoms with Gasteiger partial charge in [-0.25, -0.2) is 0 Å². The van der Waals surface area contributed by atoms with Crippen molar-refractivity contribution in [2.45, 2.75) is 11.0 Å². The molecule has 5 heteroatoms. The summed E-state index contributed by atoms with van der Waals surface area (Å²) in [5.41, 5.74) is 3.71. The van der Waals surface area contributed by atoms with Crippen LogP contribution in [0, 0.1) is 0 Å². The van der Waals surface area contributed by atoms with Gasteiger partial charge in [0.2, 0.25) is 0 Å². The number of hydrogen-bond acceptors (Lipinski definition) is 4. The Morgan fingerprint density at radius 2 is 1.32 bits per heavy atom. The first-order valence-corrected chi connectivity index (χ1v) is 15.3. The van der Waals surface area contributed by atoms with Crippen molar-refractivity contribution in [1.29, 1.82) is 0 Å². The van der Waals surface area contributed by atoms with Gasteiger partial charge in [-0.3, -0.25) is 0 Å². The molecule has 0 amide bonds. The van der Waals surface area contributed by atoms with E-state index in [1.165, 1.54) is 39.4 Å². The van der Waals surface area contributed by atoms with Crippen molar-refractivity contribution in [3.63, 3.8) is 0 Å². The Kier molecular flexibility index (Phi) is 7.64. The van der Waals surface area contributed by atoms with Crippen molar-refractivity contribution in [1.82, 2.24) is 0 Å². The number of hydrogen-bond donors (Lipinski definition) is 0. The summed E-state index contributed by atoms with van der Waals surface area (Å²) in [6, 6.07) is 36.4. The molecule has 4 aromatic carbocycles. The predicted molar refractivity (Wildman–Crippen MR) is 151 cm³/mol. The van der Waals surface area contributed by atoms with E-state index in [0.717, 1.165) is 17.1 Å². The van der Waals surface area contributed by atoms with E-state index in [0.29, 0.717) is 4.58 Å². The molecule has 0 saturated carbocycles. The zero-order valence-corrected chi connectivity index (χ0v) is 22.0. The van der Waals surface area contributed by atoms with Crippen molar-refractivity contribution in [2.24, 2.45) is 0 Å². The van der Waals surface area contributed by atoms with Gasteiger partial charge in [0, 0.05) is 6.07 Å². The van der Waals surface area contributed by atoms with Crippen LogP contribution in [0.5, 0.6) is 11.5 Å². The Morgan fingerprint density at radius 1 is 0.676 bits per heavy atom. The van der Waals surface area contributed by atoms with E-state index in [2.05, 4.69) is 121 Å². The monoisotopic (exact) mass is 500 g/mol. The molecule has 1 heterocycles. The van der Waals surface area contributed by atoms with Gasteiger partial charge in [-0.15, -0.1) is 23.5 Å². The summed E-state index contributed by atoms with van der Waals surface area (Å²) >= 11 is 4.11. The molecule has 1 aliphatic rings. The molecule has 0 aliphatic carbocycles. The molecular weight excluding hydrogens is 473 g/mol. The molecule has 34 heavy (non-hydrogen) atoms. The number of benzene rings is 4. The van der Waals surface area contributed by atoms with Crippen molar-refractivity contribution < 1.29 is 9.16 Å². The Hall–Kier alpha value is -2.60. The molecule has 0 spiro atoms. The number of methoxy groups -OCH3 is 1. The van der Waals surface area contributed by atoms with E-state index in [9.17, 15) is 0 Å². The summed E-state index contributed by atoms with van der Waals surface area (Å²) in [5, 5.41) is 2.51. The van der Waals surface area contributed by atoms with Crippen LogP contribution in [-0.4, -0.2) is 27.7 Å². The second-order valence-electron chi connectivity index (χ2n) is 8.27.